The summed E-state index contributed by atoms with van der Waals surface area (Å²) >= 11 is 0. The van der Waals surface area contributed by atoms with Gasteiger partial charge in [-0.15, -0.1) is 0 Å². The first-order valence-electron chi connectivity index (χ1n) is 3.24. The lowest BCUT2D eigenvalue weighted by Gasteiger charge is -2.07. The molecule has 0 bridgehead atoms. The van der Waals surface area contributed by atoms with Crippen molar-refractivity contribution in [1.82, 2.24) is 0 Å². The molecule has 3 nitrogen and oxygen atoms in total. The van der Waals surface area contributed by atoms with Gasteiger partial charge in [0.25, 0.3) is 0 Å². The van der Waals surface area contributed by atoms with Gasteiger partial charge in [-0.25, -0.2) is 0 Å². The second-order valence-electron chi connectivity index (χ2n) is 2.46. The van der Waals surface area contributed by atoms with Crippen molar-refractivity contribution in [3.63, 3.8) is 0 Å². The number of aliphatic carboxylic acids is 1. The smallest absolute Gasteiger partial charge is 0.318 e. The van der Waals surface area contributed by atoms with Crippen LogP contribution in [-0.4, -0.2) is 16.9 Å². The molecule has 1 unspecified atom stereocenters. The first-order chi connectivity index (χ1) is 5.11. The van der Waals surface area contributed by atoms with Gasteiger partial charge in [0.15, 0.2) is 5.78 Å². The van der Waals surface area contributed by atoms with Gasteiger partial charge in [0, 0.05) is 0 Å². The maximum absolute atomic E-state index is 10.9. The minimum Gasteiger partial charge on any atom is -0.480 e. The van der Waals surface area contributed by atoms with E-state index in [0.29, 0.717) is 0 Å². The van der Waals surface area contributed by atoms with E-state index in [-0.39, 0.29) is 5.78 Å². The van der Waals surface area contributed by atoms with Crippen molar-refractivity contribution in [3.8, 4) is 0 Å². The molecular weight excluding hydrogens is 144 g/mol. The Morgan fingerprint density at radius 2 is 2.18 bits per heavy atom. The van der Waals surface area contributed by atoms with E-state index in [4.69, 9.17) is 5.11 Å². The highest BCUT2D eigenvalue weighted by molar-refractivity contribution is 6.07. The van der Waals surface area contributed by atoms with Crippen LogP contribution in [0.15, 0.2) is 23.8 Å². The lowest BCUT2D eigenvalue weighted by atomic mass is 9.96. The quantitative estimate of drug-likeness (QED) is 0.564. The monoisotopic (exact) mass is 152 g/mol. The predicted octanol–water partition coefficient (Wildman–Crippen LogP) is 0.772. The van der Waals surface area contributed by atoms with E-state index in [0.717, 1.165) is 5.57 Å². The number of rotatable bonds is 1. The Morgan fingerprint density at radius 3 is 2.64 bits per heavy atom. The lowest BCUT2D eigenvalue weighted by molar-refractivity contribution is -0.143. The average molecular weight is 152 g/mol. The molecule has 11 heavy (non-hydrogen) atoms. The van der Waals surface area contributed by atoms with Crippen molar-refractivity contribution in [3.05, 3.63) is 23.8 Å². The van der Waals surface area contributed by atoms with Gasteiger partial charge in [-0.05, 0) is 13.0 Å². The van der Waals surface area contributed by atoms with E-state index in [1.807, 2.05) is 0 Å². The zero-order valence-corrected chi connectivity index (χ0v) is 6.07. The molecule has 1 atom stereocenters. The van der Waals surface area contributed by atoms with Gasteiger partial charge in [-0.3, -0.25) is 9.59 Å². The molecule has 0 aliphatic heterocycles. The number of carbonyl (C=O) groups excluding carboxylic acids is 1. The molecule has 1 N–H and O–H groups in total. The molecule has 0 spiro atoms. The Morgan fingerprint density at radius 1 is 1.55 bits per heavy atom. The number of ketones is 1. The van der Waals surface area contributed by atoms with Crippen LogP contribution in [0.25, 0.3) is 0 Å². The third-order valence-electron chi connectivity index (χ3n) is 1.51. The molecule has 0 saturated carbocycles. The molecule has 3 heteroatoms. The van der Waals surface area contributed by atoms with Crippen LogP contribution in [0.2, 0.25) is 0 Å². The lowest BCUT2D eigenvalue weighted by Crippen LogP contribution is -2.22. The highest BCUT2D eigenvalue weighted by Crippen LogP contribution is 2.12. The van der Waals surface area contributed by atoms with Crippen LogP contribution in [0, 0.1) is 5.92 Å². The highest BCUT2D eigenvalue weighted by Gasteiger charge is 2.23. The van der Waals surface area contributed by atoms with Crippen LogP contribution in [0.5, 0.6) is 0 Å². The van der Waals surface area contributed by atoms with Gasteiger partial charge in [0.05, 0.1) is 0 Å². The number of carbonyl (C=O) groups is 2. The molecule has 1 rings (SSSR count). The topological polar surface area (TPSA) is 54.4 Å². The molecule has 0 aromatic carbocycles. The van der Waals surface area contributed by atoms with Crippen LogP contribution in [0.1, 0.15) is 6.92 Å². The van der Waals surface area contributed by atoms with Crippen LogP contribution in [0.4, 0.5) is 0 Å². The second-order valence-corrected chi connectivity index (χ2v) is 2.46. The zero-order valence-electron chi connectivity index (χ0n) is 6.07. The van der Waals surface area contributed by atoms with Gasteiger partial charge >= 0.3 is 5.97 Å². The molecule has 1 aliphatic carbocycles. The van der Waals surface area contributed by atoms with Gasteiger partial charge in [0.1, 0.15) is 5.92 Å². The van der Waals surface area contributed by atoms with Crippen molar-refractivity contribution in [2.24, 2.45) is 5.92 Å². The fourth-order valence-corrected chi connectivity index (χ4v) is 0.911. The van der Waals surface area contributed by atoms with E-state index in [2.05, 4.69) is 0 Å². The summed E-state index contributed by atoms with van der Waals surface area (Å²) in [5.74, 6) is -2.42. The second kappa shape index (κ2) is 2.70. The van der Waals surface area contributed by atoms with Crippen LogP contribution >= 0.6 is 0 Å². The fraction of sp³-hybridized carbons (Fsp3) is 0.250. The molecule has 0 radical (unpaired) electrons. The molecule has 1 aliphatic rings. The maximum atomic E-state index is 10.9. The zero-order chi connectivity index (χ0) is 8.43. The van der Waals surface area contributed by atoms with Crippen LogP contribution in [-0.2, 0) is 9.59 Å². The van der Waals surface area contributed by atoms with Crippen LogP contribution in [0.3, 0.4) is 0 Å². The van der Waals surface area contributed by atoms with E-state index >= 15 is 0 Å². The normalized spacial score (nSPS) is 23.2. The Hall–Kier alpha value is -1.38. The third-order valence-corrected chi connectivity index (χ3v) is 1.51. The summed E-state index contributed by atoms with van der Waals surface area (Å²) in [7, 11) is 0. The van der Waals surface area contributed by atoms with Gasteiger partial charge in [-0.1, -0.05) is 17.7 Å². The molecular formula is C8H8O3. The number of carboxylic acids is 1. The SMILES string of the molecule is CC1=CC(C(=O)O)C(=O)C=C1. The van der Waals surface area contributed by atoms with Crippen LogP contribution < -0.4 is 0 Å². The molecule has 58 valence electrons. The first kappa shape index (κ1) is 7.72. The average Bonchev–Trinajstić information content (AvgIpc) is 1.94. The highest BCUT2D eigenvalue weighted by atomic mass is 16.4. The van der Waals surface area contributed by atoms with Crippen molar-refractivity contribution >= 4 is 11.8 Å². The molecule has 0 aromatic heterocycles. The maximum Gasteiger partial charge on any atom is 0.318 e. The fourth-order valence-electron chi connectivity index (χ4n) is 0.911. The number of allylic oxidation sites excluding steroid dienone is 3. The van der Waals surface area contributed by atoms with Gasteiger partial charge < -0.3 is 5.11 Å². The Labute approximate surface area is 64.0 Å². The summed E-state index contributed by atoms with van der Waals surface area (Å²) in [5, 5.41) is 8.53. The minimum absolute atomic E-state index is 0.358. The predicted molar refractivity (Wildman–Crippen MR) is 39.0 cm³/mol. The van der Waals surface area contributed by atoms with Crippen molar-refractivity contribution < 1.29 is 14.7 Å². The molecule has 0 fully saturated rings. The molecule has 0 saturated heterocycles. The Balaban J connectivity index is 2.90. The number of carboxylic acid groups (broad SMARTS) is 1. The summed E-state index contributed by atoms with van der Waals surface area (Å²) in [6, 6.07) is 0. The van der Waals surface area contributed by atoms with E-state index in [9.17, 15) is 9.59 Å². The Kier molecular flexibility index (Phi) is 1.89. The third kappa shape index (κ3) is 1.55. The summed E-state index contributed by atoms with van der Waals surface area (Å²) in [6.07, 6.45) is 4.36. The van der Waals surface area contributed by atoms with E-state index in [1.54, 1.807) is 13.0 Å². The van der Waals surface area contributed by atoms with Gasteiger partial charge in [-0.2, -0.15) is 0 Å². The first-order valence-corrected chi connectivity index (χ1v) is 3.24. The molecule has 0 amide bonds. The molecule has 0 heterocycles. The number of hydrogen-bond acceptors (Lipinski definition) is 2. The minimum atomic E-state index is -1.08. The van der Waals surface area contributed by atoms with E-state index < -0.39 is 11.9 Å². The Bertz CT molecular complexity index is 261. The van der Waals surface area contributed by atoms with E-state index in [1.165, 1.54) is 12.2 Å². The van der Waals surface area contributed by atoms with Crippen molar-refractivity contribution in [1.29, 1.82) is 0 Å². The standard InChI is InChI=1S/C8H8O3/c1-5-2-3-7(9)6(4-5)8(10)11/h2-4,6H,1H3,(H,10,11). The number of hydrogen-bond donors (Lipinski definition) is 1. The summed E-state index contributed by atoms with van der Waals surface area (Å²) in [4.78, 5) is 21.3. The summed E-state index contributed by atoms with van der Waals surface area (Å²) < 4.78 is 0. The summed E-state index contributed by atoms with van der Waals surface area (Å²) in [5.41, 5.74) is 0.817. The largest absolute Gasteiger partial charge is 0.480 e. The van der Waals surface area contributed by atoms with Crippen molar-refractivity contribution in [2.45, 2.75) is 6.92 Å². The van der Waals surface area contributed by atoms with Gasteiger partial charge in [0.2, 0.25) is 0 Å². The molecule has 0 aromatic rings. The van der Waals surface area contributed by atoms with Crippen molar-refractivity contribution in [2.75, 3.05) is 0 Å². The summed E-state index contributed by atoms with van der Waals surface area (Å²) in [6.45, 7) is 1.76.